The smallest absolute Gasteiger partial charge is 0.224 e. The Kier molecular flexibility index (Phi) is 8.06. The third-order valence-electron chi connectivity index (χ3n) is 5.91. The molecule has 7 heteroatoms. The molecular formula is C21H34N4O3. The van der Waals surface area contributed by atoms with Crippen molar-refractivity contribution in [1.29, 1.82) is 0 Å². The van der Waals surface area contributed by atoms with Gasteiger partial charge in [-0.1, -0.05) is 0 Å². The lowest BCUT2D eigenvalue weighted by Gasteiger charge is -2.42. The number of carbonyl (C=O) groups is 1. The molecule has 1 aromatic rings. The highest BCUT2D eigenvalue weighted by Gasteiger charge is 2.31. The maximum atomic E-state index is 12.4. The summed E-state index contributed by atoms with van der Waals surface area (Å²) in [6, 6.07) is 4.49. The number of amides is 1. The quantitative estimate of drug-likeness (QED) is 0.679. The fourth-order valence-corrected chi connectivity index (χ4v) is 4.31. The van der Waals surface area contributed by atoms with Crippen molar-refractivity contribution in [3.05, 3.63) is 24.0 Å². The van der Waals surface area contributed by atoms with E-state index in [0.717, 1.165) is 69.9 Å². The van der Waals surface area contributed by atoms with Crippen LogP contribution in [0.25, 0.3) is 0 Å². The van der Waals surface area contributed by atoms with Crippen LogP contribution in [0, 0.1) is 5.92 Å². The van der Waals surface area contributed by atoms with Gasteiger partial charge in [0.25, 0.3) is 0 Å². The van der Waals surface area contributed by atoms with Gasteiger partial charge in [0.15, 0.2) is 0 Å². The second kappa shape index (κ2) is 10.7. The topological polar surface area (TPSA) is 66.9 Å². The van der Waals surface area contributed by atoms with Crippen LogP contribution in [-0.4, -0.2) is 80.3 Å². The van der Waals surface area contributed by atoms with Gasteiger partial charge in [0, 0.05) is 58.1 Å². The first-order chi connectivity index (χ1) is 13.7. The van der Waals surface area contributed by atoms with Crippen molar-refractivity contribution in [2.24, 2.45) is 5.92 Å². The molecule has 156 valence electrons. The van der Waals surface area contributed by atoms with E-state index in [0.29, 0.717) is 19.2 Å². The number of methoxy groups -OCH3 is 2. The molecule has 2 aliphatic heterocycles. The van der Waals surface area contributed by atoms with Crippen LogP contribution in [-0.2, 0) is 16.1 Å². The fourth-order valence-electron chi connectivity index (χ4n) is 4.31. The number of piperidine rings is 2. The molecule has 0 bridgehead atoms. The summed E-state index contributed by atoms with van der Waals surface area (Å²) in [6.07, 6.45) is 6.22. The van der Waals surface area contributed by atoms with E-state index < -0.39 is 0 Å². The molecule has 0 spiro atoms. The van der Waals surface area contributed by atoms with Gasteiger partial charge in [-0.05, 0) is 38.3 Å². The third-order valence-corrected chi connectivity index (χ3v) is 5.91. The average molecular weight is 391 g/mol. The van der Waals surface area contributed by atoms with Gasteiger partial charge in [0.1, 0.15) is 5.75 Å². The SMILES string of the molecule is COCCNC(=O)C1CCCN(C2CCN(Cc3cc(OC)ccn3)CC2)C1. The Bertz CT molecular complexity index is 619. The number of rotatable bonds is 8. The lowest BCUT2D eigenvalue weighted by Crippen LogP contribution is -2.50. The number of nitrogens with zero attached hydrogens (tertiary/aromatic N) is 3. The normalized spacial score (nSPS) is 22.1. The molecule has 3 rings (SSSR count). The van der Waals surface area contributed by atoms with Crippen molar-refractivity contribution in [2.45, 2.75) is 38.3 Å². The maximum absolute atomic E-state index is 12.4. The predicted octanol–water partition coefficient (Wildman–Crippen LogP) is 1.53. The number of pyridine rings is 1. The summed E-state index contributed by atoms with van der Waals surface area (Å²) in [7, 11) is 3.35. The number of hydrogen-bond acceptors (Lipinski definition) is 6. The van der Waals surface area contributed by atoms with Crippen molar-refractivity contribution < 1.29 is 14.3 Å². The van der Waals surface area contributed by atoms with Crippen LogP contribution in [0.2, 0.25) is 0 Å². The summed E-state index contributed by atoms with van der Waals surface area (Å²) >= 11 is 0. The Morgan fingerprint density at radius 2 is 2.07 bits per heavy atom. The van der Waals surface area contributed by atoms with Crippen LogP contribution in [0.3, 0.4) is 0 Å². The zero-order chi connectivity index (χ0) is 19.8. The Labute approximate surface area is 168 Å². The molecule has 28 heavy (non-hydrogen) atoms. The third kappa shape index (κ3) is 5.90. The van der Waals surface area contributed by atoms with Gasteiger partial charge in [-0.15, -0.1) is 0 Å². The van der Waals surface area contributed by atoms with E-state index in [-0.39, 0.29) is 11.8 Å². The molecule has 0 radical (unpaired) electrons. The molecule has 2 aliphatic rings. The van der Waals surface area contributed by atoms with E-state index in [1.165, 1.54) is 0 Å². The second-order valence-electron chi connectivity index (χ2n) is 7.81. The van der Waals surface area contributed by atoms with E-state index >= 15 is 0 Å². The number of ether oxygens (including phenoxy) is 2. The lowest BCUT2D eigenvalue weighted by atomic mass is 9.93. The summed E-state index contributed by atoms with van der Waals surface area (Å²) in [5, 5.41) is 3.00. The van der Waals surface area contributed by atoms with Crippen LogP contribution >= 0.6 is 0 Å². The number of carbonyl (C=O) groups excluding carboxylic acids is 1. The molecule has 0 saturated carbocycles. The zero-order valence-corrected chi connectivity index (χ0v) is 17.2. The molecule has 0 aliphatic carbocycles. The Morgan fingerprint density at radius 3 is 2.82 bits per heavy atom. The molecule has 1 aromatic heterocycles. The monoisotopic (exact) mass is 390 g/mol. The molecule has 0 aromatic carbocycles. The second-order valence-corrected chi connectivity index (χ2v) is 7.81. The molecule has 2 fully saturated rings. The van der Waals surface area contributed by atoms with Gasteiger partial charge in [-0.3, -0.25) is 19.6 Å². The highest BCUT2D eigenvalue weighted by molar-refractivity contribution is 5.78. The van der Waals surface area contributed by atoms with Crippen LogP contribution in [0.15, 0.2) is 18.3 Å². The summed E-state index contributed by atoms with van der Waals surface area (Å²) in [4.78, 5) is 21.9. The summed E-state index contributed by atoms with van der Waals surface area (Å²) in [6.45, 7) is 6.19. The molecule has 2 saturated heterocycles. The molecular weight excluding hydrogens is 356 g/mol. The van der Waals surface area contributed by atoms with Crippen LogP contribution in [0.5, 0.6) is 5.75 Å². The van der Waals surface area contributed by atoms with Crippen LogP contribution in [0.1, 0.15) is 31.4 Å². The molecule has 1 atom stereocenters. The van der Waals surface area contributed by atoms with E-state index in [1.54, 1.807) is 14.2 Å². The van der Waals surface area contributed by atoms with Gasteiger partial charge in [0.2, 0.25) is 5.91 Å². The number of hydrogen-bond donors (Lipinski definition) is 1. The van der Waals surface area contributed by atoms with Crippen LogP contribution in [0.4, 0.5) is 0 Å². The largest absolute Gasteiger partial charge is 0.497 e. The minimum Gasteiger partial charge on any atom is -0.497 e. The molecule has 1 N–H and O–H groups in total. The number of aromatic nitrogens is 1. The predicted molar refractivity (Wildman–Crippen MR) is 108 cm³/mol. The van der Waals surface area contributed by atoms with Crippen molar-refractivity contribution in [1.82, 2.24) is 20.1 Å². The Morgan fingerprint density at radius 1 is 1.25 bits per heavy atom. The first-order valence-electron chi connectivity index (χ1n) is 10.4. The average Bonchev–Trinajstić information content (AvgIpc) is 2.74. The fraction of sp³-hybridized carbons (Fsp3) is 0.714. The van der Waals surface area contributed by atoms with E-state index in [2.05, 4.69) is 20.1 Å². The van der Waals surface area contributed by atoms with E-state index in [9.17, 15) is 4.79 Å². The van der Waals surface area contributed by atoms with Crippen molar-refractivity contribution in [2.75, 3.05) is 53.6 Å². The van der Waals surface area contributed by atoms with Gasteiger partial charge in [0.05, 0.1) is 25.3 Å². The Hall–Kier alpha value is -1.70. The Balaban J connectivity index is 1.44. The molecule has 1 amide bonds. The van der Waals surface area contributed by atoms with Crippen molar-refractivity contribution in [3.8, 4) is 5.75 Å². The van der Waals surface area contributed by atoms with E-state index in [4.69, 9.17) is 9.47 Å². The van der Waals surface area contributed by atoms with Crippen molar-refractivity contribution >= 4 is 5.91 Å². The molecule has 3 heterocycles. The number of likely N-dealkylation sites (tertiary alicyclic amines) is 2. The highest BCUT2D eigenvalue weighted by atomic mass is 16.5. The first-order valence-corrected chi connectivity index (χ1v) is 10.4. The summed E-state index contributed by atoms with van der Waals surface area (Å²) in [5.41, 5.74) is 1.06. The summed E-state index contributed by atoms with van der Waals surface area (Å²) in [5.74, 6) is 1.16. The number of nitrogens with one attached hydrogen (secondary N) is 1. The zero-order valence-electron chi connectivity index (χ0n) is 17.2. The van der Waals surface area contributed by atoms with Crippen LogP contribution < -0.4 is 10.1 Å². The first kappa shape index (κ1) is 21.0. The summed E-state index contributed by atoms with van der Waals surface area (Å²) < 4.78 is 10.3. The van der Waals surface area contributed by atoms with Gasteiger partial charge < -0.3 is 14.8 Å². The van der Waals surface area contributed by atoms with Gasteiger partial charge in [-0.25, -0.2) is 0 Å². The van der Waals surface area contributed by atoms with Crippen molar-refractivity contribution in [3.63, 3.8) is 0 Å². The highest BCUT2D eigenvalue weighted by Crippen LogP contribution is 2.25. The van der Waals surface area contributed by atoms with Gasteiger partial charge in [-0.2, -0.15) is 0 Å². The standard InChI is InChI=1S/C21H34N4O3/c1-27-13-9-23-21(26)17-4-3-10-25(15-17)19-6-11-24(12-7-19)16-18-14-20(28-2)5-8-22-18/h5,8,14,17,19H,3-4,6-7,9-13,15-16H2,1-2H3,(H,23,26). The molecule has 7 nitrogen and oxygen atoms in total. The minimum atomic E-state index is 0.115. The van der Waals surface area contributed by atoms with Gasteiger partial charge >= 0.3 is 0 Å². The minimum absolute atomic E-state index is 0.115. The molecule has 1 unspecified atom stereocenters. The van der Waals surface area contributed by atoms with E-state index in [1.807, 2.05) is 18.3 Å². The lowest BCUT2D eigenvalue weighted by molar-refractivity contribution is -0.127. The maximum Gasteiger partial charge on any atom is 0.224 e.